The van der Waals surface area contributed by atoms with Gasteiger partial charge in [0, 0.05) is 38.5 Å². The van der Waals surface area contributed by atoms with Crippen LogP contribution in [-0.4, -0.2) is 54.3 Å². The normalized spacial score (nSPS) is 24.4. The maximum atomic E-state index is 12.3. The Morgan fingerprint density at radius 1 is 1.48 bits per heavy atom. The van der Waals surface area contributed by atoms with E-state index < -0.39 is 0 Å². The lowest BCUT2D eigenvalue weighted by molar-refractivity contribution is -0.135. The van der Waals surface area contributed by atoms with Crippen LogP contribution in [0.25, 0.3) is 0 Å². The monoisotopic (exact) mass is 290 g/mol. The van der Waals surface area contributed by atoms with Gasteiger partial charge in [-0.1, -0.05) is 6.07 Å². The summed E-state index contributed by atoms with van der Waals surface area (Å²) in [5.41, 5.74) is 0.766. The minimum atomic E-state index is -0.0670. The van der Waals surface area contributed by atoms with E-state index in [1.807, 2.05) is 23.1 Å². The van der Waals surface area contributed by atoms with Gasteiger partial charge < -0.3 is 14.4 Å². The summed E-state index contributed by atoms with van der Waals surface area (Å²) in [6.45, 7) is 2.21. The third-order valence-electron chi connectivity index (χ3n) is 4.59. The van der Waals surface area contributed by atoms with Crippen LogP contribution < -0.4 is 0 Å². The maximum absolute atomic E-state index is 12.3. The SMILES string of the molecule is COC1COC2(CCN(C(=O)Cc3ccccn3)CC2)C1. The van der Waals surface area contributed by atoms with Crippen LogP contribution in [0.15, 0.2) is 24.4 Å². The van der Waals surface area contributed by atoms with Crippen molar-refractivity contribution in [3.63, 3.8) is 0 Å². The highest BCUT2D eigenvalue weighted by Crippen LogP contribution is 2.36. The lowest BCUT2D eigenvalue weighted by Crippen LogP contribution is -2.47. The number of methoxy groups -OCH3 is 1. The van der Waals surface area contributed by atoms with Crippen LogP contribution in [0.3, 0.4) is 0 Å². The molecule has 21 heavy (non-hydrogen) atoms. The summed E-state index contributed by atoms with van der Waals surface area (Å²) in [5, 5.41) is 0. The lowest BCUT2D eigenvalue weighted by atomic mass is 9.88. The van der Waals surface area contributed by atoms with Crippen molar-refractivity contribution in [1.29, 1.82) is 0 Å². The number of ether oxygens (including phenoxy) is 2. The summed E-state index contributed by atoms with van der Waals surface area (Å²) in [7, 11) is 1.73. The molecule has 1 aromatic heterocycles. The number of carbonyl (C=O) groups excluding carboxylic acids is 1. The molecule has 114 valence electrons. The fourth-order valence-electron chi connectivity index (χ4n) is 3.24. The summed E-state index contributed by atoms with van der Waals surface area (Å²) in [5.74, 6) is 0.157. The van der Waals surface area contributed by atoms with E-state index in [-0.39, 0.29) is 17.6 Å². The minimum absolute atomic E-state index is 0.0670. The van der Waals surface area contributed by atoms with Crippen molar-refractivity contribution >= 4 is 5.91 Å². The molecule has 2 fully saturated rings. The van der Waals surface area contributed by atoms with Crippen molar-refractivity contribution in [3.05, 3.63) is 30.1 Å². The predicted octanol–water partition coefficient (Wildman–Crippen LogP) is 1.42. The summed E-state index contributed by atoms with van der Waals surface area (Å²) in [4.78, 5) is 18.5. The molecule has 0 radical (unpaired) electrons. The molecule has 3 rings (SSSR count). The second-order valence-electron chi connectivity index (χ2n) is 5.93. The third kappa shape index (κ3) is 3.24. The molecule has 1 amide bonds. The minimum Gasteiger partial charge on any atom is -0.379 e. The molecule has 1 spiro atoms. The lowest BCUT2D eigenvalue weighted by Gasteiger charge is -2.38. The van der Waals surface area contributed by atoms with Crippen LogP contribution >= 0.6 is 0 Å². The van der Waals surface area contributed by atoms with E-state index in [1.54, 1.807) is 13.3 Å². The third-order valence-corrected chi connectivity index (χ3v) is 4.59. The average molecular weight is 290 g/mol. The predicted molar refractivity (Wildman–Crippen MR) is 77.9 cm³/mol. The first-order valence-electron chi connectivity index (χ1n) is 7.55. The zero-order valence-corrected chi connectivity index (χ0v) is 12.5. The van der Waals surface area contributed by atoms with E-state index >= 15 is 0 Å². The van der Waals surface area contributed by atoms with E-state index in [9.17, 15) is 4.79 Å². The molecule has 1 unspecified atom stereocenters. The zero-order valence-electron chi connectivity index (χ0n) is 12.5. The molecule has 2 aliphatic rings. The van der Waals surface area contributed by atoms with E-state index in [1.165, 1.54) is 0 Å². The van der Waals surface area contributed by atoms with Gasteiger partial charge in [-0.15, -0.1) is 0 Å². The molecule has 5 heteroatoms. The molecule has 2 saturated heterocycles. The number of hydrogen-bond acceptors (Lipinski definition) is 4. The Kier molecular flexibility index (Phi) is 4.22. The van der Waals surface area contributed by atoms with Gasteiger partial charge in [-0.2, -0.15) is 0 Å². The van der Waals surface area contributed by atoms with E-state index in [2.05, 4.69) is 4.98 Å². The Morgan fingerprint density at radius 2 is 2.29 bits per heavy atom. The average Bonchev–Trinajstić information content (AvgIpc) is 2.92. The number of likely N-dealkylation sites (tertiary alicyclic amines) is 1. The van der Waals surface area contributed by atoms with Gasteiger partial charge in [-0.3, -0.25) is 9.78 Å². The number of piperidine rings is 1. The molecule has 1 aromatic rings. The van der Waals surface area contributed by atoms with Crippen LogP contribution in [0.4, 0.5) is 0 Å². The Hall–Kier alpha value is -1.46. The standard InChI is InChI=1S/C16H22N2O3/c1-20-14-11-16(21-12-14)5-8-18(9-6-16)15(19)10-13-4-2-3-7-17-13/h2-4,7,14H,5-6,8-12H2,1H3. The number of amides is 1. The number of aromatic nitrogens is 1. The van der Waals surface area contributed by atoms with E-state index in [0.29, 0.717) is 13.0 Å². The summed E-state index contributed by atoms with van der Waals surface area (Å²) in [6.07, 6.45) is 5.08. The molecular formula is C16H22N2O3. The molecule has 3 heterocycles. The topological polar surface area (TPSA) is 51.7 Å². The first-order chi connectivity index (χ1) is 10.2. The largest absolute Gasteiger partial charge is 0.379 e. The number of rotatable bonds is 3. The highest BCUT2D eigenvalue weighted by molar-refractivity contribution is 5.78. The first kappa shape index (κ1) is 14.5. The Balaban J connectivity index is 1.53. The van der Waals surface area contributed by atoms with Crippen LogP contribution in [0.5, 0.6) is 0 Å². The van der Waals surface area contributed by atoms with Crippen molar-refractivity contribution in [1.82, 2.24) is 9.88 Å². The van der Waals surface area contributed by atoms with E-state index in [0.717, 1.165) is 38.0 Å². The zero-order chi connectivity index (χ0) is 14.7. The fraction of sp³-hybridized carbons (Fsp3) is 0.625. The molecule has 0 N–H and O–H groups in total. The molecule has 2 aliphatic heterocycles. The van der Waals surface area contributed by atoms with Crippen LogP contribution in [0.1, 0.15) is 25.0 Å². The Labute approximate surface area is 125 Å². The molecule has 0 saturated carbocycles. The molecule has 1 atom stereocenters. The number of carbonyl (C=O) groups is 1. The van der Waals surface area contributed by atoms with Crippen LogP contribution in [-0.2, 0) is 20.7 Å². The molecule has 0 aromatic carbocycles. The second-order valence-corrected chi connectivity index (χ2v) is 5.93. The van der Waals surface area contributed by atoms with Crippen molar-refractivity contribution in [2.45, 2.75) is 37.4 Å². The Bertz CT molecular complexity index is 484. The summed E-state index contributed by atoms with van der Waals surface area (Å²) in [6, 6.07) is 5.67. The molecule has 5 nitrogen and oxygen atoms in total. The molecule has 0 bridgehead atoms. The van der Waals surface area contributed by atoms with Gasteiger partial charge in [0.15, 0.2) is 0 Å². The van der Waals surface area contributed by atoms with Crippen LogP contribution in [0, 0.1) is 0 Å². The van der Waals surface area contributed by atoms with Gasteiger partial charge >= 0.3 is 0 Å². The van der Waals surface area contributed by atoms with Gasteiger partial charge in [0.05, 0.1) is 24.7 Å². The van der Waals surface area contributed by atoms with Crippen molar-refractivity contribution in [3.8, 4) is 0 Å². The number of pyridine rings is 1. The van der Waals surface area contributed by atoms with Crippen molar-refractivity contribution in [2.75, 3.05) is 26.8 Å². The van der Waals surface area contributed by atoms with Gasteiger partial charge in [0.25, 0.3) is 0 Å². The van der Waals surface area contributed by atoms with Gasteiger partial charge in [-0.05, 0) is 25.0 Å². The Morgan fingerprint density at radius 3 is 2.90 bits per heavy atom. The number of hydrogen-bond donors (Lipinski definition) is 0. The molecule has 0 aliphatic carbocycles. The van der Waals surface area contributed by atoms with Crippen LogP contribution in [0.2, 0.25) is 0 Å². The van der Waals surface area contributed by atoms with Crippen molar-refractivity contribution < 1.29 is 14.3 Å². The quantitative estimate of drug-likeness (QED) is 0.845. The number of nitrogens with zero attached hydrogens (tertiary/aromatic N) is 2. The van der Waals surface area contributed by atoms with Gasteiger partial charge in [-0.25, -0.2) is 0 Å². The van der Waals surface area contributed by atoms with Crippen molar-refractivity contribution in [2.24, 2.45) is 0 Å². The second kappa shape index (κ2) is 6.12. The smallest absolute Gasteiger partial charge is 0.228 e. The van der Waals surface area contributed by atoms with E-state index in [4.69, 9.17) is 9.47 Å². The highest BCUT2D eigenvalue weighted by Gasteiger charge is 2.43. The summed E-state index contributed by atoms with van der Waals surface area (Å²) >= 11 is 0. The summed E-state index contributed by atoms with van der Waals surface area (Å²) < 4.78 is 11.3. The fourth-order valence-corrected chi connectivity index (χ4v) is 3.24. The van der Waals surface area contributed by atoms with Gasteiger partial charge in [0.2, 0.25) is 5.91 Å². The highest BCUT2D eigenvalue weighted by atomic mass is 16.6. The first-order valence-corrected chi connectivity index (χ1v) is 7.55. The maximum Gasteiger partial charge on any atom is 0.228 e. The van der Waals surface area contributed by atoms with Gasteiger partial charge in [0.1, 0.15) is 0 Å². The molecular weight excluding hydrogens is 268 g/mol.